The Balaban J connectivity index is 2.73. The van der Waals surface area contributed by atoms with Crippen LogP contribution < -0.4 is 0 Å². The fourth-order valence-corrected chi connectivity index (χ4v) is 1.18. The lowest BCUT2D eigenvalue weighted by Gasteiger charge is -1.94. The molecule has 0 aromatic carbocycles. The molecule has 0 bridgehead atoms. The standard InChI is InChI=1S/C8H7N3O3/c12-4-6-9-7-5(8(13)14)2-1-3-11(7)10-6/h1-3,12H,4H2,(H,13,14). The minimum Gasteiger partial charge on any atom is -0.478 e. The molecule has 2 heterocycles. The van der Waals surface area contributed by atoms with Crippen LogP contribution in [0.25, 0.3) is 5.65 Å². The summed E-state index contributed by atoms with van der Waals surface area (Å²) in [6, 6.07) is 3.00. The molecule has 0 amide bonds. The Morgan fingerprint density at radius 1 is 1.57 bits per heavy atom. The summed E-state index contributed by atoms with van der Waals surface area (Å²) in [6.45, 7) is -0.305. The van der Waals surface area contributed by atoms with E-state index in [1.165, 1.54) is 10.6 Å². The first-order valence-corrected chi connectivity index (χ1v) is 3.91. The van der Waals surface area contributed by atoms with Crippen molar-refractivity contribution in [2.75, 3.05) is 0 Å². The van der Waals surface area contributed by atoms with Crippen molar-refractivity contribution in [2.45, 2.75) is 6.61 Å². The molecule has 0 aliphatic heterocycles. The maximum absolute atomic E-state index is 10.8. The van der Waals surface area contributed by atoms with Gasteiger partial charge in [-0.15, -0.1) is 5.10 Å². The van der Waals surface area contributed by atoms with Gasteiger partial charge in [-0.3, -0.25) is 0 Å². The Morgan fingerprint density at radius 2 is 2.36 bits per heavy atom. The van der Waals surface area contributed by atoms with Crippen LogP contribution in [-0.2, 0) is 6.61 Å². The molecular formula is C8H7N3O3. The highest BCUT2D eigenvalue weighted by molar-refractivity contribution is 5.94. The molecule has 2 aromatic rings. The molecule has 2 aromatic heterocycles. The number of carboxylic acids is 1. The van der Waals surface area contributed by atoms with Gasteiger partial charge < -0.3 is 10.2 Å². The van der Waals surface area contributed by atoms with Crippen molar-refractivity contribution >= 4 is 11.6 Å². The van der Waals surface area contributed by atoms with Crippen molar-refractivity contribution in [3.63, 3.8) is 0 Å². The largest absolute Gasteiger partial charge is 0.478 e. The molecule has 0 saturated heterocycles. The molecule has 0 aliphatic rings. The maximum atomic E-state index is 10.8. The first kappa shape index (κ1) is 8.64. The summed E-state index contributed by atoms with van der Waals surface area (Å²) >= 11 is 0. The van der Waals surface area contributed by atoms with Crippen molar-refractivity contribution in [3.05, 3.63) is 29.7 Å². The molecule has 0 fully saturated rings. The monoisotopic (exact) mass is 193 g/mol. The normalized spacial score (nSPS) is 10.6. The second kappa shape index (κ2) is 3.08. The molecule has 0 aliphatic carbocycles. The molecular weight excluding hydrogens is 186 g/mol. The van der Waals surface area contributed by atoms with E-state index in [1.807, 2.05) is 0 Å². The third kappa shape index (κ3) is 1.21. The van der Waals surface area contributed by atoms with E-state index in [2.05, 4.69) is 10.1 Å². The highest BCUT2D eigenvalue weighted by Crippen LogP contribution is 2.08. The van der Waals surface area contributed by atoms with E-state index in [0.29, 0.717) is 0 Å². The number of hydrogen-bond acceptors (Lipinski definition) is 4. The zero-order valence-corrected chi connectivity index (χ0v) is 7.08. The van der Waals surface area contributed by atoms with Crippen LogP contribution in [0.1, 0.15) is 16.2 Å². The average Bonchev–Trinajstić information content (AvgIpc) is 2.59. The van der Waals surface area contributed by atoms with Gasteiger partial charge in [0.25, 0.3) is 0 Å². The van der Waals surface area contributed by atoms with Gasteiger partial charge >= 0.3 is 5.97 Å². The lowest BCUT2D eigenvalue weighted by molar-refractivity contribution is 0.0698. The highest BCUT2D eigenvalue weighted by Gasteiger charge is 2.11. The molecule has 6 heteroatoms. The van der Waals surface area contributed by atoms with Crippen molar-refractivity contribution in [3.8, 4) is 0 Å². The molecule has 14 heavy (non-hydrogen) atoms. The molecule has 2 rings (SSSR count). The van der Waals surface area contributed by atoms with Crippen LogP contribution in [0.15, 0.2) is 18.3 Å². The SMILES string of the molecule is O=C(O)c1cccn2nc(CO)nc12. The van der Waals surface area contributed by atoms with Gasteiger partial charge in [-0.05, 0) is 12.1 Å². The summed E-state index contributed by atoms with van der Waals surface area (Å²) in [5, 5.41) is 21.5. The highest BCUT2D eigenvalue weighted by atomic mass is 16.4. The number of hydrogen-bond donors (Lipinski definition) is 2. The topological polar surface area (TPSA) is 87.7 Å². The first-order chi connectivity index (χ1) is 6.72. The predicted molar refractivity (Wildman–Crippen MR) is 45.9 cm³/mol. The fourth-order valence-electron chi connectivity index (χ4n) is 1.18. The van der Waals surface area contributed by atoms with E-state index in [1.54, 1.807) is 12.3 Å². The minimum atomic E-state index is -1.06. The molecule has 6 nitrogen and oxygen atoms in total. The molecule has 0 spiro atoms. The van der Waals surface area contributed by atoms with Gasteiger partial charge in [0.1, 0.15) is 12.2 Å². The van der Waals surface area contributed by atoms with E-state index >= 15 is 0 Å². The predicted octanol–water partition coefficient (Wildman–Crippen LogP) is -0.0802. The van der Waals surface area contributed by atoms with Gasteiger partial charge in [-0.25, -0.2) is 14.3 Å². The zero-order chi connectivity index (χ0) is 10.1. The van der Waals surface area contributed by atoms with E-state index < -0.39 is 5.97 Å². The summed E-state index contributed by atoms with van der Waals surface area (Å²) in [5.41, 5.74) is 0.309. The number of aromatic carboxylic acids is 1. The summed E-state index contributed by atoms with van der Waals surface area (Å²) in [4.78, 5) is 14.6. The molecule has 2 N–H and O–H groups in total. The number of rotatable bonds is 2. The van der Waals surface area contributed by atoms with Crippen LogP contribution >= 0.6 is 0 Å². The average molecular weight is 193 g/mol. The number of aliphatic hydroxyl groups excluding tert-OH is 1. The number of aliphatic hydroxyl groups is 1. The molecule has 0 atom stereocenters. The number of carbonyl (C=O) groups is 1. The van der Waals surface area contributed by atoms with Crippen molar-refractivity contribution in [1.82, 2.24) is 14.6 Å². The Hall–Kier alpha value is -1.95. The van der Waals surface area contributed by atoms with Crippen molar-refractivity contribution in [2.24, 2.45) is 0 Å². The smallest absolute Gasteiger partial charge is 0.339 e. The van der Waals surface area contributed by atoms with Gasteiger partial charge in [-0.1, -0.05) is 0 Å². The Labute approximate surface area is 78.4 Å². The third-order valence-corrected chi connectivity index (χ3v) is 1.78. The second-order valence-electron chi connectivity index (χ2n) is 2.68. The summed E-state index contributed by atoms with van der Waals surface area (Å²) in [5.74, 6) is -0.855. The Kier molecular flexibility index (Phi) is 1.90. The van der Waals surface area contributed by atoms with Gasteiger partial charge in [0, 0.05) is 6.20 Å². The summed E-state index contributed by atoms with van der Waals surface area (Å²) in [7, 11) is 0. The van der Waals surface area contributed by atoms with Gasteiger partial charge in [0.15, 0.2) is 11.5 Å². The number of fused-ring (bicyclic) bond motifs is 1. The third-order valence-electron chi connectivity index (χ3n) is 1.78. The van der Waals surface area contributed by atoms with E-state index in [0.717, 1.165) is 0 Å². The van der Waals surface area contributed by atoms with Gasteiger partial charge in [0.2, 0.25) is 0 Å². The zero-order valence-electron chi connectivity index (χ0n) is 7.08. The van der Waals surface area contributed by atoms with Crippen LogP contribution in [0.5, 0.6) is 0 Å². The number of aromatic nitrogens is 3. The summed E-state index contributed by atoms with van der Waals surface area (Å²) < 4.78 is 1.33. The van der Waals surface area contributed by atoms with Crippen LogP contribution in [-0.4, -0.2) is 30.8 Å². The lowest BCUT2D eigenvalue weighted by Crippen LogP contribution is -2.00. The van der Waals surface area contributed by atoms with Crippen LogP contribution in [0, 0.1) is 0 Å². The van der Waals surface area contributed by atoms with Gasteiger partial charge in [-0.2, -0.15) is 0 Å². The van der Waals surface area contributed by atoms with E-state index in [9.17, 15) is 4.79 Å². The molecule has 0 saturated carbocycles. The van der Waals surface area contributed by atoms with E-state index in [-0.39, 0.29) is 23.6 Å². The summed E-state index contributed by atoms with van der Waals surface area (Å²) in [6.07, 6.45) is 1.58. The molecule has 0 radical (unpaired) electrons. The lowest BCUT2D eigenvalue weighted by atomic mass is 10.3. The van der Waals surface area contributed by atoms with Crippen molar-refractivity contribution in [1.29, 1.82) is 0 Å². The number of carboxylic acid groups (broad SMARTS) is 1. The van der Waals surface area contributed by atoms with Crippen LogP contribution in [0.4, 0.5) is 0 Å². The Morgan fingerprint density at radius 3 is 3.00 bits per heavy atom. The fraction of sp³-hybridized carbons (Fsp3) is 0.125. The quantitative estimate of drug-likeness (QED) is 0.696. The first-order valence-electron chi connectivity index (χ1n) is 3.91. The van der Waals surface area contributed by atoms with Crippen LogP contribution in [0.3, 0.4) is 0 Å². The van der Waals surface area contributed by atoms with Gasteiger partial charge in [0.05, 0.1) is 0 Å². The maximum Gasteiger partial charge on any atom is 0.339 e. The minimum absolute atomic E-state index is 0.0692. The molecule has 72 valence electrons. The number of nitrogens with zero attached hydrogens (tertiary/aromatic N) is 3. The second-order valence-corrected chi connectivity index (χ2v) is 2.68. The Bertz CT molecular complexity index is 492. The van der Waals surface area contributed by atoms with Crippen LogP contribution in [0.2, 0.25) is 0 Å². The van der Waals surface area contributed by atoms with E-state index in [4.69, 9.17) is 10.2 Å². The molecule has 0 unspecified atom stereocenters. The van der Waals surface area contributed by atoms with Crippen molar-refractivity contribution < 1.29 is 15.0 Å². The number of pyridine rings is 1.